The van der Waals surface area contributed by atoms with Crippen LogP contribution in [0.2, 0.25) is 0 Å². The zero-order valence-electron chi connectivity index (χ0n) is 11.0. The summed E-state index contributed by atoms with van der Waals surface area (Å²) >= 11 is 1.56. The molecule has 0 atom stereocenters. The van der Waals surface area contributed by atoms with Crippen LogP contribution in [-0.4, -0.2) is 10.1 Å². The minimum Gasteiger partial charge on any atom is -0.389 e. The molecule has 0 aliphatic carbocycles. The van der Waals surface area contributed by atoms with Crippen LogP contribution in [0.1, 0.15) is 15.4 Å². The minimum atomic E-state index is 0.0122. The average Bonchev–Trinajstić information content (AvgIpc) is 2.79. The van der Waals surface area contributed by atoms with Gasteiger partial charge < -0.3 is 5.11 Å². The third kappa shape index (κ3) is 2.27. The molecule has 0 saturated heterocycles. The first kappa shape index (κ1) is 12.3. The molecule has 1 heterocycles. The van der Waals surface area contributed by atoms with Gasteiger partial charge >= 0.3 is 0 Å². The molecule has 0 fully saturated rings. The summed E-state index contributed by atoms with van der Waals surface area (Å²) in [6.07, 6.45) is 0. The van der Waals surface area contributed by atoms with E-state index in [0.717, 1.165) is 21.1 Å². The highest BCUT2D eigenvalue weighted by molar-refractivity contribution is 7.12. The van der Waals surface area contributed by atoms with E-state index in [9.17, 15) is 5.11 Å². The van der Waals surface area contributed by atoms with Crippen molar-refractivity contribution in [3.63, 3.8) is 0 Å². The van der Waals surface area contributed by atoms with Crippen LogP contribution < -0.4 is 0 Å². The summed E-state index contributed by atoms with van der Waals surface area (Å²) in [5.41, 5.74) is 3.37. The number of thiazole rings is 1. The SMILES string of the molecule is Cc1ccc2cc(-c3nc(CO)sc3C)ccc2c1. The maximum Gasteiger partial charge on any atom is 0.119 e. The Bertz CT molecular complexity index is 746. The third-order valence-electron chi connectivity index (χ3n) is 3.25. The van der Waals surface area contributed by atoms with Gasteiger partial charge in [-0.15, -0.1) is 11.3 Å². The van der Waals surface area contributed by atoms with E-state index in [4.69, 9.17) is 0 Å². The van der Waals surface area contributed by atoms with E-state index in [-0.39, 0.29) is 6.61 Å². The normalized spacial score (nSPS) is 11.1. The fourth-order valence-electron chi connectivity index (χ4n) is 2.30. The van der Waals surface area contributed by atoms with Gasteiger partial charge in [0, 0.05) is 10.4 Å². The molecule has 3 heteroatoms. The molecule has 0 bridgehead atoms. The Morgan fingerprint density at radius 3 is 2.53 bits per heavy atom. The zero-order valence-corrected chi connectivity index (χ0v) is 11.8. The lowest BCUT2D eigenvalue weighted by Crippen LogP contribution is -1.84. The lowest BCUT2D eigenvalue weighted by Gasteiger charge is -2.03. The number of fused-ring (bicyclic) bond motifs is 1. The van der Waals surface area contributed by atoms with Crippen molar-refractivity contribution in [2.45, 2.75) is 20.5 Å². The molecule has 2 aromatic carbocycles. The van der Waals surface area contributed by atoms with Gasteiger partial charge in [0.25, 0.3) is 0 Å². The molecule has 0 unspecified atom stereocenters. The zero-order chi connectivity index (χ0) is 13.4. The highest BCUT2D eigenvalue weighted by Crippen LogP contribution is 2.30. The number of aryl methyl sites for hydroxylation is 2. The van der Waals surface area contributed by atoms with Crippen molar-refractivity contribution in [1.29, 1.82) is 0 Å². The Labute approximate surface area is 116 Å². The molecule has 1 aromatic heterocycles. The first-order valence-corrected chi connectivity index (χ1v) is 7.07. The Morgan fingerprint density at radius 2 is 1.79 bits per heavy atom. The predicted molar refractivity (Wildman–Crippen MR) is 80.5 cm³/mol. The van der Waals surface area contributed by atoms with E-state index >= 15 is 0 Å². The second-order valence-corrected chi connectivity index (χ2v) is 6.02. The Kier molecular flexibility index (Phi) is 3.09. The van der Waals surface area contributed by atoms with Crippen molar-refractivity contribution in [3.05, 3.63) is 51.8 Å². The maximum atomic E-state index is 9.17. The summed E-state index contributed by atoms with van der Waals surface area (Å²) in [5.74, 6) is 0. The van der Waals surface area contributed by atoms with Gasteiger partial charge in [0.15, 0.2) is 0 Å². The van der Waals surface area contributed by atoms with Gasteiger partial charge in [-0.25, -0.2) is 4.98 Å². The maximum absolute atomic E-state index is 9.17. The molecule has 0 amide bonds. The van der Waals surface area contributed by atoms with Gasteiger partial charge in [-0.3, -0.25) is 0 Å². The van der Waals surface area contributed by atoms with Gasteiger partial charge in [0.05, 0.1) is 12.3 Å². The van der Waals surface area contributed by atoms with Crippen molar-refractivity contribution in [2.24, 2.45) is 0 Å². The number of rotatable bonds is 2. The first-order chi connectivity index (χ1) is 9.17. The number of aromatic nitrogens is 1. The summed E-state index contributed by atoms with van der Waals surface area (Å²) < 4.78 is 0. The number of nitrogens with zero attached hydrogens (tertiary/aromatic N) is 1. The molecule has 0 saturated carbocycles. The van der Waals surface area contributed by atoms with Crippen molar-refractivity contribution in [3.8, 4) is 11.3 Å². The summed E-state index contributed by atoms with van der Waals surface area (Å²) in [5, 5.41) is 12.4. The van der Waals surface area contributed by atoms with Crippen molar-refractivity contribution >= 4 is 22.1 Å². The van der Waals surface area contributed by atoms with Crippen LogP contribution in [0.5, 0.6) is 0 Å². The van der Waals surface area contributed by atoms with Crippen LogP contribution in [0.3, 0.4) is 0 Å². The molecule has 19 heavy (non-hydrogen) atoms. The lowest BCUT2D eigenvalue weighted by atomic mass is 10.0. The second-order valence-electron chi connectivity index (χ2n) is 4.74. The standard InChI is InChI=1S/C16H15NOS/c1-10-3-4-13-8-14(6-5-12(13)7-10)16-11(2)19-15(9-18)17-16/h3-8,18H,9H2,1-2H3. The van der Waals surface area contributed by atoms with Crippen molar-refractivity contribution < 1.29 is 5.11 Å². The van der Waals surface area contributed by atoms with Gasteiger partial charge in [0.1, 0.15) is 5.01 Å². The summed E-state index contributed by atoms with van der Waals surface area (Å²) in [4.78, 5) is 5.64. The van der Waals surface area contributed by atoms with E-state index in [2.05, 4.69) is 48.3 Å². The van der Waals surface area contributed by atoms with Crippen LogP contribution in [0, 0.1) is 13.8 Å². The third-order valence-corrected chi connectivity index (χ3v) is 4.20. The highest BCUT2D eigenvalue weighted by atomic mass is 32.1. The van der Waals surface area contributed by atoms with Crippen molar-refractivity contribution in [2.75, 3.05) is 0 Å². The Hall–Kier alpha value is -1.71. The molecule has 3 aromatic rings. The Balaban J connectivity index is 2.14. The molecule has 1 N–H and O–H groups in total. The van der Waals surface area contributed by atoms with Crippen LogP contribution in [-0.2, 0) is 6.61 Å². The molecule has 3 rings (SSSR count). The smallest absolute Gasteiger partial charge is 0.119 e. The number of hydrogen-bond acceptors (Lipinski definition) is 3. The second kappa shape index (κ2) is 4.76. The van der Waals surface area contributed by atoms with Gasteiger partial charge in [-0.05, 0) is 30.7 Å². The Morgan fingerprint density at radius 1 is 1.05 bits per heavy atom. The largest absolute Gasteiger partial charge is 0.389 e. The quantitative estimate of drug-likeness (QED) is 0.760. The first-order valence-electron chi connectivity index (χ1n) is 6.25. The number of aliphatic hydroxyl groups excluding tert-OH is 1. The summed E-state index contributed by atoms with van der Waals surface area (Å²) in [6, 6.07) is 12.9. The molecule has 0 aliphatic rings. The van der Waals surface area contributed by atoms with E-state index < -0.39 is 0 Å². The highest BCUT2D eigenvalue weighted by Gasteiger charge is 2.09. The molecule has 0 aliphatic heterocycles. The summed E-state index contributed by atoms with van der Waals surface area (Å²) in [7, 11) is 0. The number of benzene rings is 2. The van der Waals surface area contributed by atoms with Gasteiger partial charge in [-0.2, -0.15) is 0 Å². The molecular weight excluding hydrogens is 254 g/mol. The molecular formula is C16H15NOS. The van der Waals surface area contributed by atoms with Crippen molar-refractivity contribution in [1.82, 2.24) is 4.98 Å². The average molecular weight is 269 g/mol. The van der Waals surface area contributed by atoms with Crippen LogP contribution in [0.25, 0.3) is 22.0 Å². The lowest BCUT2D eigenvalue weighted by molar-refractivity contribution is 0.281. The monoisotopic (exact) mass is 269 g/mol. The topological polar surface area (TPSA) is 33.1 Å². The van der Waals surface area contributed by atoms with Gasteiger partial charge in [0.2, 0.25) is 0 Å². The molecule has 0 radical (unpaired) electrons. The summed E-state index contributed by atoms with van der Waals surface area (Å²) in [6.45, 7) is 4.16. The van der Waals surface area contributed by atoms with E-state index in [1.54, 1.807) is 11.3 Å². The molecule has 2 nitrogen and oxygen atoms in total. The van der Waals surface area contributed by atoms with Crippen LogP contribution in [0.4, 0.5) is 0 Å². The minimum absolute atomic E-state index is 0.0122. The number of aliphatic hydroxyl groups is 1. The van der Waals surface area contributed by atoms with Gasteiger partial charge in [-0.1, -0.05) is 35.9 Å². The molecule has 96 valence electrons. The fraction of sp³-hybridized carbons (Fsp3) is 0.188. The fourth-order valence-corrected chi connectivity index (χ4v) is 3.11. The van der Waals surface area contributed by atoms with E-state index in [1.165, 1.54) is 16.3 Å². The number of hydrogen-bond donors (Lipinski definition) is 1. The van der Waals surface area contributed by atoms with Crippen LogP contribution >= 0.6 is 11.3 Å². The van der Waals surface area contributed by atoms with Crippen LogP contribution in [0.15, 0.2) is 36.4 Å². The van der Waals surface area contributed by atoms with E-state index in [1.807, 2.05) is 6.92 Å². The van der Waals surface area contributed by atoms with E-state index in [0.29, 0.717) is 0 Å². The molecule has 0 spiro atoms. The predicted octanol–water partition coefficient (Wildman–Crippen LogP) is 4.07.